The van der Waals surface area contributed by atoms with E-state index >= 15 is 0 Å². The zero-order valence-corrected chi connectivity index (χ0v) is 9.99. The van der Waals surface area contributed by atoms with Gasteiger partial charge in [-0.15, -0.1) is 10.2 Å². The molecule has 1 unspecified atom stereocenters. The van der Waals surface area contributed by atoms with E-state index in [1.165, 1.54) is 5.56 Å². The summed E-state index contributed by atoms with van der Waals surface area (Å²) in [4.78, 5) is 2.32. The van der Waals surface area contributed by atoms with Gasteiger partial charge < -0.3 is 4.74 Å². The third kappa shape index (κ3) is 2.39. The van der Waals surface area contributed by atoms with E-state index in [0.717, 1.165) is 19.0 Å². The fourth-order valence-electron chi connectivity index (χ4n) is 2.24. The van der Waals surface area contributed by atoms with Crippen LogP contribution < -0.4 is 0 Å². The molecule has 2 heterocycles. The smallest absolute Gasteiger partial charge is 0.188 e. The molecular formula is C12H15N5O. The lowest BCUT2D eigenvalue weighted by Crippen LogP contribution is -2.39. The monoisotopic (exact) mass is 245 g/mol. The molecule has 1 aliphatic rings. The predicted molar refractivity (Wildman–Crippen MR) is 64.6 cm³/mol. The van der Waals surface area contributed by atoms with Crippen LogP contribution in [0.5, 0.6) is 0 Å². The van der Waals surface area contributed by atoms with Gasteiger partial charge in [-0.2, -0.15) is 5.21 Å². The number of nitrogens with zero attached hydrogens (tertiary/aromatic N) is 4. The SMILES string of the molecule is c1ccc(C2COCCN2Cc2nn[nH]n2)cc1. The van der Waals surface area contributed by atoms with Crippen molar-refractivity contribution in [2.75, 3.05) is 19.8 Å². The second-order valence-electron chi connectivity index (χ2n) is 4.30. The number of morpholine rings is 1. The van der Waals surface area contributed by atoms with Crippen LogP contribution in [0.25, 0.3) is 0 Å². The summed E-state index contributed by atoms with van der Waals surface area (Å²) in [6.45, 7) is 3.04. The van der Waals surface area contributed by atoms with Crippen LogP contribution in [0.3, 0.4) is 0 Å². The molecule has 0 aliphatic carbocycles. The maximum absolute atomic E-state index is 5.58. The fourth-order valence-corrected chi connectivity index (χ4v) is 2.24. The van der Waals surface area contributed by atoms with Gasteiger partial charge in [-0.3, -0.25) is 4.90 Å². The number of hydrogen-bond acceptors (Lipinski definition) is 5. The summed E-state index contributed by atoms with van der Waals surface area (Å²) in [5.74, 6) is 0.720. The Bertz CT molecular complexity index is 472. The highest BCUT2D eigenvalue weighted by Crippen LogP contribution is 2.24. The lowest BCUT2D eigenvalue weighted by molar-refractivity contribution is -0.0138. The van der Waals surface area contributed by atoms with E-state index in [4.69, 9.17) is 4.74 Å². The number of rotatable bonds is 3. The Morgan fingerprint density at radius 3 is 3.00 bits per heavy atom. The van der Waals surface area contributed by atoms with Gasteiger partial charge in [0.1, 0.15) is 0 Å². The Hall–Kier alpha value is -1.79. The van der Waals surface area contributed by atoms with Crippen LogP contribution in [0.2, 0.25) is 0 Å². The molecule has 1 aromatic heterocycles. The van der Waals surface area contributed by atoms with Crippen molar-refractivity contribution < 1.29 is 4.74 Å². The first-order chi connectivity index (χ1) is 8.93. The fraction of sp³-hybridized carbons (Fsp3) is 0.417. The first kappa shape index (κ1) is 11.3. The first-order valence-electron chi connectivity index (χ1n) is 6.02. The molecule has 1 N–H and O–H groups in total. The molecule has 2 aromatic rings. The van der Waals surface area contributed by atoms with Crippen LogP contribution >= 0.6 is 0 Å². The second kappa shape index (κ2) is 5.24. The van der Waals surface area contributed by atoms with Crippen LogP contribution in [-0.4, -0.2) is 45.3 Å². The first-order valence-corrected chi connectivity index (χ1v) is 6.02. The van der Waals surface area contributed by atoms with Crippen molar-refractivity contribution in [3.05, 3.63) is 41.7 Å². The summed E-state index contributed by atoms with van der Waals surface area (Å²) in [5, 5.41) is 14.1. The number of nitrogens with one attached hydrogen (secondary N) is 1. The largest absolute Gasteiger partial charge is 0.378 e. The summed E-state index contributed by atoms with van der Waals surface area (Å²) in [6.07, 6.45) is 0. The number of aromatic nitrogens is 4. The lowest BCUT2D eigenvalue weighted by Gasteiger charge is -2.34. The van der Waals surface area contributed by atoms with Crippen molar-refractivity contribution in [2.45, 2.75) is 12.6 Å². The van der Waals surface area contributed by atoms with E-state index in [-0.39, 0.29) is 6.04 Å². The molecule has 0 saturated carbocycles. The highest BCUT2D eigenvalue weighted by Gasteiger charge is 2.25. The summed E-state index contributed by atoms with van der Waals surface area (Å²) in [7, 11) is 0. The van der Waals surface area contributed by atoms with E-state index < -0.39 is 0 Å². The van der Waals surface area contributed by atoms with Gasteiger partial charge in [0.05, 0.1) is 25.8 Å². The van der Waals surface area contributed by atoms with Crippen molar-refractivity contribution in [3.63, 3.8) is 0 Å². The van der Waals surface area contributed by atoms with Crippen LogP contribution in [-0.2, 0) is 11.3 Å². The molecule has 0 bridgehead atoms. The average Bonchev–Trinajstić information content (AvgIpc) is 2.93. The standard InChI is InChI=1S/C12H15N5O/c1-2-4-10(5-3-1)11-9-18-7-6-17(11)8-12-13-15-16-14-12/h1-5,11H,6-9H2,(H,13,14,15,16). The highest BCUT2D eigenvalue weighted by molar-refractivity contribution is 5.19. The van der Waals surface area contributed by atoms with Crippen molar-refractivity contribution in [1.82, 2.24) is 25.5 Å². The summed E-state index contributed by atoms with van der Waals surface area (Å²) in [6, 6.07) is 10.6. The molecule has 94 valence electrons. The topological polar surface area (TPSA) is 66.9 Å². The number of benzene rings is 1. The van der Waals surface area contributed by atoms with E-state index in [2.05, 4.69) is 49.8 Å². The number of tetrazole rings is 1. The maximum Gasteiger partial charge on any atom is 0.188 e. The second-order valence-corrected chi connectivity index (χ2v) is 4.30. The van der Waals surface area contributed by atoms with Crippen molar-refractivity contribution >= 4 is 0 Å². The zero-order chi connectivity index (χ0) is 12.2. The predicted octanol–water partition coefficient (Wildman–Crippen LogP) is 0.773. The van der Waals surface area contributed by atoms with Crippen molar-refractivity contribution in [3.8, 4) is 0 Å². The zero-order valence-electron chi connectivity index (χ0n) is 9.99. The summed E-state index contributed by atoms with van der Waals surface area (Å²) < 4.78 is 5.58. The van der Waals surface area contributed by atoms with Crippen molar-refractivity contribution in [1.29, 1.82) is 0 Å². The molecule has 3 rings (SSSR count). The number of ether oxygens (including phenoxy) is 1. The third-order valence-electron chi connectivity index (χ3n) is 3.16. The van der Waals surface area contributed by atoms with E-state index in [0.29, 0.717) is 13.2 Å². The minimum Gasteiger partial charge on any atom is -0.378 e. The Morgan fingerprint density at radius 2 is 2.22 bits per heavy atom. The summed E-state index contributed by atoms with van der Waals surface area (Å²) >= 11 is 0. The Kier molecular flexibility index (Phi) is 3.29. The molecule has 1 aromatic carbocycles. The van der Waals surface area contributed by atoms with Gasteiger partial charge >= 0.3 is 0 Å². The van der Waals surface area contributed by atoms with Gasteiger partial charge in [0, 0.05) is 6.54 Å². The minimum atomic E-state index is 0.262. The molecule has 6 heteroatoms. The normalized spacial score (nSPS) is 21.0. The van der Waals surface area contributed by atoms with E-state index in [9.17, 15) is 0 Å². The highest BCUT2D eigenvalue weighted by atomic mass is 16.5. The lowest BCUT2D eigenvalue weighted by atomic mass is 10.1. The van der Waals surface area contributed by atoms with Crippen molar-refractivity contribution in [2.24, 2.45) is 0 Å². The van der Waals surface area contributed by atoms with Crippen LogP contribution in [0, 0.1) is 0 Å². The average molecular weight is 245 g/mol. The summed E-state index contributed by atoms with van der Waals surface area (Å²) in [5.41, 5.74) is 1.26. The molecule has 0 radical (unpaired) electrons. The molecule has 1 saturated heterocycles. The van der Waals surface area contributed by atoms with E-state index in [1.54, 1.807) is 0 Å². The Morgan fingerprint density at radius 1 is 1.33 bits per heavy atom. The Balaban J connectivity index is 1.78. The maximum atomic E-state index is 5.58. The van der Waals surface area contributed by atoms with Gasteiger partial charge in [-0.1, -0.05) is 35.5 Å². The molecular weight excluding hydrogens is 230 g/mol. The van der Waals surface area contributed by atoms with Crippen LogP contribution in [0.15, 0.2) is 30.3 Å². The van der Waals surface area contributed by atoms with Crippen LogP contribution in [0.4, 0.5) is 0 Å². The van der Waals surface area contributed by atoms with Gasteiger partial charge in [0.2, 0.25) is 0 Å². The molecule has 0 amide bonds. The molecule has 18 heavy (non-hydrogen) atoms. The van der Waals surface area contributed by atoms with Gasteiger partial charge in [-0.25, -0.2) is 0 Å². The van der Waals surface area contributed by atoms with E-state index in [1.807, 2.05) is 6.07 Å². The molecule has 6 nitrogen and oxygen atoms in total. The van der Waals surface area contributed by atoms with Gasteiger partial charge in [-0.05, 0) is 5.56 Å². The minimum absolute atomic E-state index is 0.262. The number of hydrogen-bond donors (Lipinski definition) is 1. The Labute approximate surface area is 105 Å². The van der Waals surface area contributed by atoms with Gasteiger partial charge in [0.25, 0.3) is 0 Å². The molecule has 1 fully saturated rings. The molecule has 0 spiro atoms. The number of aromatic amines is 1. The molecule has 1 atom stereocenters. The van der Waals surface area contributed by atoms with Crippen LogP contribution in [0.1, 0.15) is 17.4 Å². The van der Waals surface area contributed by atoms with Gasteiger partial charge in [0.15, 0.2) is 5.82 Å². The quantitative estimate of drug-likeness (QED) is 0.865. The molecule has 1 aliphatic heterocycles. The third-order valence-corrected chi connectivity index (χ3v) is 3.16. The number of H-pyrrole nitrogens is 1.